The standard InChI is InChI=1S/C30H17NO2Se.C17H11NOSe.C16H11NSe.C13H8O2.C13H12.C4H2Br2Se/c32-28-23-14-18-8-4-5-9-19(18)15-24(23)29(33)26(28)17-21-16-25-22-12-6-7-13-27(22)31(30(25)34-21)20-10-2-1-3-11-20;19-11-13-10-15-14-8-4-5-9-16(14)18(17(15)20-13)12-6-2-1-3-7-12;1-2-6-12(7-3-1)17-15-9-5-4-8-13(15)14-10-11-18-16(14)17;14-12-7-13(15)11-6-9-4-2-1-3-8(9)5-10(11)12;1-3-7-12(8-4-1)11-13-9-5-2-6-10-13;5-3-1-2-7-4(3)6/h1-17H;1-11H;1-11H;1-6H,7H2;1-10H,11H2;1-2H. The number of carbonyl (C=O) groups is 5. The van der Waals surface area contributed by atoms with Gasteiger partial charge in [0.2, 0.25) is 0 Å². The summed E-state index contributed by atoms with van der Waals surface area (Å²) in [5, 5.41) is 11.6. The third kappa shape index (κ3) is 14.7. The topological polar surface area (TPSA) is 100 Å². The van der Waals surface area contributed by atoms with Crippen LogP contribution in [0.4, 0.5) is 0 Å². The van der Waals surface area contributed by atoms with Crippen molar-refractivity contribution in [3.63, 3.8) is 0 Å². The van der Waals surface area contributed by atoms with E-state index in [4.69, 9.17) is 0 Å². The van der Waals surface area contributed by atoms with Crippen LogP contribution in [-0.4, -0.2) is 101 Å². The van der Waals surface area contributed by atoms with E-state index in [1.165, 1.54) is 86.7 Å². The minimum atomic E-state index is -0.171. The quantitative estimate of drug-likeness (QED) is 0.0520. The van der Waals surface area contributed by atoms with E-state index in [0.29, 0.717) is 51.3 Å². The van der Waals surface area contributed by atoms with E-state index in [2.05, 4.69) is 262 Å². The summed E-state index contributed by atoms with van der Waals surface area (Å²) < 4.78 is 15.5. The van der Waals surface area contributed by atoms with Gasteiger partial charge in [0, 0.05) is 11.1 Å². The van der Waals surface area contributed by atoms with E-state index in [0.717, 1.165) is 54.5 Å². The fourth-order valence-electron chi connectivity index (χ4n) is 13.9. The van der Waals surface area contributed by atoms with Crippen molar-refractivity contribution in [2.75, 3.05) is 0 Å². The Balaban J connectivity index is 0.000000104. The average Bonchev–Trinajstić information content (AvgIpc) is 1.60. The molecule has 0 radical (unpaired) electrons. The fourth-order valence-corrected chi connectivity index (χ4v) is 23.2. The van der Waals surface area contributed by atoms with Gasteiger partial charge >= 0.3 is 499 Å². The Morgan fingerprint density at radius 1 is 0.336 bits per heavy atom. The van der Waals surface area contributed by atoms with Crippen LogP contribution in [0.15, 0.2) is 345 Å². The van der Waals surface area contributed by atoms with Crippen LogP contribution in [0.1, 0.15) is 72.6 Å². The molecular weight excluding hydrogens is 1710 g/mol. The van der Waals surface area contributed by atoms with Crippen molar-refractivity contribution in [3.05, 3.63) is 387 Å². The molecule has 2 aliphatic rings. The second kappa shape index (κ2) is 32.0. The molecule has 0 aliphatic heterocycles. The first kappa shape index (κ1) is 70.9. The number of hydrogen-bond donors (Lipinski definition) is 0. The van der Waals surface area contributed by atoms with Gasteiger partial charge in [0.15, 0.2) is 11.6 Å². The number of Topliss-reactive ketones (excluding diaryl/α,β-unsaturated/α-hetero) is 4. The third-order valence-corrected chi connectivity index (χ3v) is 29.8. The van der Waals surface area contributed by atoms with Crippen LogP contribution in [0.3, 0.4) is 0 Å². The largest absolute Gasteiger partial charge is 0.0622 e. The second-order valence-electron chi connectivity index (χ2n) is 25.5. The first-order chi connectivity index (χ1) is 52.5. The molecule has 516 valence electrons. The molecule has 0 unspecified atom stereocenters. The number of fused-ring (bicyclic) bond motifs is 13. The Morgan fingerprint density at radius 3 is 1.09 bits per heavy atom. The number of para-hydroxylation sites is 6. The van der Waals surface area contributed by atoms with Crippen LogP contribution in [0.2, 0.25) is 0 Å². The molecule has 107 heavy (non-hydrogen) atoms. The van der Waals surface area contributed by atoms with Gasteiger partial charge in [-0.1, -0.05) is 84.9 Å². The Labute approximate surface area is 657 Å². The number of rotatable bonds is 7. The number of allylic oxidation sites excluding steroid dienone is 1. The smallest absolute Gasteiger partial charge is 0.00258 e. The summed E-state index contributed by atoms with van der Waals surface area (Å²) >= 11 is 7.84. The maximum Gasteiger partial charge on any atom is -0.00258 e. The molecular formula is C93H61Br2N3O5Se4. The van der Waals surface area contributed by atoms with Crippen molar-refractivity contribution in [2.45, 2.75) is 12.8 Å². The maximum atomic E-state index is 13.2. The number of nitrogens with zero attached hydrogens (tertiary/aromatic N) is 3. The summed E-state index contributed by atoms with van der Waals surface area (Å²) in [6.07, 6.45) is 3.89. The first-order valence-corrected chi connectivity index (χ1v) is 43.3. The number of halogens is 2. The molecule has 0 fully saturated rings. The molecule has 0 saturated carbocycles. The van der Waals surface area contributed by atoms with E-state index in [-0.39, 0.29) is 64.1 Å². The van der Waals surface area contributed by atoms with Crippen LogP contribution in [0.25, 0.3) is 107 Å². The summed E-state index contributed by atoms with van der Waals surface area (Å²) in [5.41, 5.74) is 12.5. The minimum Gasteiger partial charge on any atom is -0.0622 e. The molecule has 7 aromatic heterocycles. The van der Waals surface area contributed by atoms with Crippen LogP contribution < -0.4 is 0 Å². The number of carbonyl (C=O) groups excluding carboxylic acids is 5. The first-order valence-electron chi connectivity index (χ1n) is 34.6. The van der Waals surface area contributed by atoms with Gasteiger partial charge in [-0.05, 0) is 40.5 Å². The van der Waals surface area contributed by atoms with Gasteiger partial charge in [0.05, 0.1) is 6.42 Å². The molecule has 21 rings (SSSR count). The summed E-state index contributed by atoms with van der Waals surface area (Å²) in [4.78, 5) is 65.0. The van der Waals surface area contributed by atoms with Crippen LogP contribution in [0.5, 0.6) is 0 Å². The van der Waals surface area contributed by atoms with Crippen LogP contribution >= 0.6 is 31.9 Å². The molecule has 19 aromatic rings. The Morgan fingerprint density at radius 2 is 0.692 bits per heavy atom. The van der Waals surface area contributed by atoms with E-state index in [9.17, 15) is 24.0 Å². The normalized spacial score (nSPS) is 12.1. The SMILES string of the molecule is Brc1cc[se]c1Br.O=C1C(=Cc2cc3c4ccccc4n(-c4ccccc4)c3[se]2)C(=O)c2cc3ccccc3cc21.O=C1CC(=O)c2cc3ccccc3cc21.O=Cc1cc2c3ccccc3n(-c3ccccc3)c2[se]1.c1ccc(-n2c3ccccc3c3cc[se]c32)cc1.c1ccc(Cc2ccccc2)cc1. The Bertz CT molecular complexity index is 6420. The summed E-state index contributed by atoms with van der Waals surface area (Å²) in [7, 11) is 0. The minimum absolute atomic E-state index is 0.0305. The molecule has 0 saturated heterocycles. The second-order valence-corrected chi connectivity index (χ2v) is 36.6. The zero-order valence-corrected chi connectivity index (χ0v) is 67.1. The molecule has 12 aromatic carbocycles. The zero-order chi connectivity index (χ0) is 72.9. The zero-order valence-electron chi connectivity index (χ0n) is 57.1. The van der Waals surface area contributed by atoms with E-state index < -0.39 is 0 Å². The molecule has 0 N–H and O–H groups in total. The molecule has 8 nitrogen and oxygen atoms in total. The number of ketones is 4. The van der Waals surface area contributed by atoms with Crippen LogP contribution in [-0.2, 0) is 6.42 Å². The van der Waals surface area contributed by atoms with Crippen molar-refractivity contribution >= 4 is 209 Å². The molecule has 0 bridgehead atoms. The molecule has 0 atom stereocenters. The number of aldehydes is 1. The molecule has 2 aliphatic carbocycles. The maximum absolute atomic E-state index is 13.2. The van der Waals surface area contributed by atoms with Crippen molar-refractivity contribution in [3.8, 4) is 17.1 Å². The van der Waals surface area contributed by atoms with Crippen molar-refractivity contribution in [2.24, 2.45) is 0 Å². The molecule has 14 heteroatoms. The number of benzene rings is 12. The third-order valence-electron chi connectivity index (χ3n) is 18.8. The van der Waals surface area contributed by atoms with E-state index in [1.54, 1.807) is 0 Å². The summed E-state index contributed by atoms with van der Waals surface area (Å²) in [5.74, 6) is -0.453. The van der Waals surface area contributed by atoms with Gasteiger partial charge in [-0.15, -0.1) is 0 Å². The molecule has 7 heterocycles. The summed E-state index contributed by atoms with van der Waals surface area (Å²) in [6.45, 7) is 0. The Kier molecular flexibility index (Phi) is 21.2. The van der Waals surface area contributed by atoms with E-state index in [1.807, 2.05) is 121 Å². The monoisotopic (exact) mass is 1780 g/mol. The average molecular weight is 1780 g/mol. The predicted octanol–water partition coefficient (Wildman–Crippen LogP) is 22.1. The van der Waals surface area contributed by atoms with Gasteiger partial charge in [-0.25, -0.2) is 0 Å². The van der Waals surface area contributed by atoms with Crippen molar-refractivity contribution in [1.82, 2.24) is 13.7 Å². The van der Waals surface area contributed by atoms with Crippen LogP contribution in [0, 0.1) is 0 Å². The van der Waals surface area contributed by atoms with E-state index >= 15 is 0 Å². The number of hydrogen-bond acceptors (Lipinski definition) is 5. The van der Waals surface area contributed by atoms with Gasteiger partial charge in [-0.3, -0.25) is 9.59 Å². The predicted molar refractivity (Wildman–Crippen MR) is 451 cm³/mol. The van der Waals surface area contributed by atoms with Crippen molar-refractivity contribution in [1.29, 1.82) is 0 Å². The summed E-state index contributed by atoms with van der Waals surface area (Å²) in [6, 6.07) is 109. The molecule has 0 spiro atoms. The molecule has 0 amide bonds. The van der Waals surface area contributed by atoms with Gasteiger partial charge in [0.25, 0.3) is 0 Å². The van der Waals surface area contributed by atoms with Gasteiger partial charge in [-0.2, -0.15) is 0 Å². The fraction of sp³-hybridized carbons (Fsp3) is 0.0215. The van der Waals surface area contributed by atoms with Gasteiger partial charge < -0.3 is 0 Å². The Hall–Kier alpha value is -10.4. The van der Waals surface area contributed by atoms with Gasteiger partial charge in [0.1, 0.15) is 0 Å². The number of aromatic nitrogens is 3. The van der Waals surface area contributed by atoms with Crippen molar-refractivity contribution < 1.29 is 24.0 Å².